The van der Waals surface area contributed by atoms with E-state index in [9.17, 15) is 13.2 Å². The molecule has 0 aliphatic heterocycles. The molecule has 0 saturated heterocycles. The molecule has 6 nitrogen and oxygen atoms in total. The van der Waals surface area contributed by atoms with Gasteiger partial charge in [-0.1, -0.05) is 17.7 Å². The topological polar surface area (TPSA) is 75.7 Å². The van der Waals surface area contributed by atoms with Gasteiger partial charge in [-0.3, -0.25) is 9.52 Å². The minimum Gasteiger partial charge on any atom is -0.497 e. The van der Waals surface area contributed by atoms with E-state index in [-0.39, 0.29) is 16.4 Å². The largest absolute Gasteiger partial charge is 0.497 e. The van der Waals surface area contributed by atoms with Crippen molar-refractivity contribution in [3.05, 3.63) is 75.4 Å². The average molecular weight is 451 g/mol. The number of amides is 1. The van der Waals surface area contributed by atoms with Crippen molar-refractivity contribution in [3.63, 3.8) is 0 Å². The fourth-order valence-corrected chi connectivity index (χ4v) is 4.88. The molecule has 0 spiro atoms. The van der Waals surface area contributed by atoms with E-state index in [0.29, 0.717) is 22.3 Å². The van der Waals surface area contributed by atoms with Gasteiger partial charge >= 0.3 is 0 Å². The summed E-state index contributed by atoms with van der Waals surface area (Å²) >= 11 is 7.33. The van der Waals surface area contributed by atoms with E-state index in [1.807, 2.05) is 6.07 Å². The third-order valence-corrected chi connectivity index (χ3v) is 6.70. The zero-order chi connectivity index (χ0) is 21.0. The Balaban J connectivity index is 1.77. The first-order valence-electron chi connectivity index (χ1n) is 8.55. The highest BCUT2D eigenvalue weighted by Gasteiger charge is 2.19. The number of methoxy groups -OCH3 is 1. The van der Waals surface area contributed by atoms with Gasteiger partial charge in [0.1, 0.15) is 5.75 Å². The second kappa shape index (κ2) is 8.86. The Bertz CT molecular complexity index is 1110. The molecule has 152 valence electrons. The SMILES string of the molecule is COc1ccc(NS(=O)(=O)c2cccc(C(=O)N(C)Cc3ccc(Cl)s3)c2)cc1. The summed E-state index contributed by atoms with van der Waals surface area (Å²) in [5.41, 5.74) is 0.682. The van der Waals surface area contributed by atoms with Gasteiger partial charge in [-0.2, -0.15) is 0 Å². The highest BCUT2D eigenvalue weighted by atomic mass is 35.5. The van der Waals surface area contributed by atoms with Gasteiger partial charge in [-0.15, -0.1) is 11.3 Å². The third-order valence-electron chi connectivity index (χ3n) is 4.10. The molecule has 0 atom stereocenters. The van der Waals surface area contributed by atoms with Crippen LogP contribution in [0.25, 0.3) is 0 Å². The van der Waals surface area contributed by atoms with Gasteiger partial charge in [0.05, 0.1) is 22.9 Å². The van der Waals surface area contributed by atoms with Gasteiger partial charge in [0, 0.05) is 23.2 Å². The predicted octanol–water partition coefficient (Wildman–Crippen LogP) is 4.48. The molecule has 0 aliphatic rings. The molecular formula is C20H19ClN2O4S2. The molecule has 0 bridgehead atoms. The smallest absolute Gasteiger partial charge is 0.261 e. The number of halogens is 1. The third kappa shape index (κ3) is 5.29. The molecule has 3 aromatic rings. The van der Waals surface area contributed by atoms with E-state index in [2.05, 4.69) is 4.72 Å². The number of hydrogen-bond acceptors (Lipinski definition) is 5. The van der Waals surface area contributed by atoms with Crippen molar-refractivity contribution in [3.8, 4) is 5.75 Å². The van der Waals surface area contributed by atoms with E-state index in [4.69, 9.17) is 16.3 Å². The van der Waals surface area contributed by atoms with Crippen LogP contribution in [0.5, 0.6) is 5.75 Å². The molecule has 1 amide bonds. The lowest BCUT2D eigenvalue weighted by Crippen LogP contribution is -2.26. The first kappa shape index (κ1) is 21.2. The zero-order valence-electron chi connectivity index (χ0n) is 15.8. The first-order chi connectivity index (χ1) is 13.8. The summed E-state index contributed by atoms with van der Waals surface area (Å²) in [4.78, 5) is 15.2. The van der Waals surface area contributed by atoms with Crippen molar-refractivity contribution in [2.24, 2.45) is 0 Å². The van der Waals surface area contributed by atoms with Crippen LogP contribution in [0.4, 0.5) is 5.69 Å². The lowest BCUT2D eigenvalue weighted by molar-refractivity contribution is 0.0786. The minimum atomic E-state index is -3.85. The molecular weight excluding hydrogens is 432 g/mol. The molecule has 0 radical (unpaired) electrons. The number of ether oxygens (including phenoxy) is 1. The fraction of sp³-hybridized carbons (Fsp3) is 0.150. The molecule has 1 aromatic heterocycles. The average Bonchev–Trinajstić information content (AvgIpc) is 3.12. The molecule has 0 fully saturated rings. The number of thiophene rings is 1. The van der Waals surface area contributed by atoms with Crippen molar-refractivity contribution in [2.45, 2.75) is 11.4 Å². The zero-order valence-corrected chi connectivity index (χ0v) is 18.1. The Morgan fingerprint density at radius 3 is 2.48 bits per heavy atom. The number of sulfonamides is 1. The number of benzene rings is 2. The van der Waals surface area contributed by atoms with Crippen LogP contribution in [0.3, 0.4) is 0 Å². The second-order valence-corrected chi connectivity index (χ2v) is 9.71. The lowest BCUT2D eigenvalue weighted by Gasteiger charge is -2.17. The van der Waals surface area contributed by atoms with Crippen molar-refractivity contribution >= 4 is 44.6 Å². The van der Waals surface area contributed by atoms with Crippen molar-refractivity contribution < 1.29 is 17.9 Å². The molecule has 29 heavy (non-hydrogen) atoms. The highest BCUT2D eigenvalue weighted by Crippen LogP contribution is 2.24. The number of anilines is 1. The summed E-state index contributed by atoms with van der Waals surface area (Å²) in [6.07, 6.45) is 0. The summed E-state index contributed by atoms with van der Waals surface area (Å²) in [5.74, 6) is 0.339. The monoisotopic (exact) mass is 450 g/mol. The first-order valence-corrected chi connectivity index (χ1v) is 11.2. The molecule has 9 heteroatoms. The van der Waals surface area contributed by atoms with Crippen LogP contribution >= 0.6 is 22.9 Å². The van der Waals surface area contributed by atoms with Gasteiger partial charge in [-0.05, 0) is 54.6 Å². The summed E-state index contributed by atoms with van der Waals surface area (Å²) in [6, 6.07) is 16.1. The second-order valence-electron chi connectivity index (χ2n) is 6.23. The predicted molar refractivity (Wildman–Crippen MR) is 115 cm³/mol. The van der Waals surface area contributed by atoms with Gasteiger partial charge in [0.2, 0.25) is 0 Å². The maximum Gasteiger partial charge on any atom is 0.261 e. The van der Waals surface area contributed by atoms with Gasteiger partial charge in [-0.25, -0.2) is 8.42 Å². The number of hydrogen-bond donors (Lipinski definition) is 1. The van der Waals surface area contributed by atoms with Crippen LogP contribution < -0.4 is 9.46 Å². The van der Waals surface area contributed by atoms with Crippen LogP contribution in [0.1, 0.15) is 15.2 Å². The maximum atomic E-state index is 12.7. The Kier molecular flexibility index (Phi) is 6.46. The van der Waals surface area contributed by atoms with Crippen LogP contribution in [0.2, 0.25) is 4.34 Å². The van der Waals surface area contributed by atoms with E-state index in [1.54, 1.807) is 49.5 Å². The van der Waals surface area contributed by atoms with E-state index >= 15 is 0 Å². The van der Waals surface area contributed by atoms with Crippen LogP contribution in [0, 0.1) is 0 Å². The normalized spacial score (nSPS) is 11.1. The number of nitrogens with zero attached hydrogens (tertiary/aromatic N) is 1. The van der Waals surface area contributed by atoms with Crippen molar-refractivity contribution in [1.82, 2.24) is 4.90 Å². The van der Waals surface area contributed by atoms with Gasteiger partial charge < -0.3 is 9.64 Å². The Hall–Kier alpha value is -2.55. The summed E-state index contributed by atoms with van der Waals surface area (Å²) < 4.78 is 33.6. The van der Waals surface area contributed by atoms with Crippen molar-refractivity contribution in [2.75, 3.05) is 18.9 Å². The standard InChI is InChI=1S/C20H19ClN2O4S2/c1-23(13-17-10-11-19(21)28-17)20(24)14-4-3-5-18(12-14)29(25,26)22-15-6-8-16(27-2)9-7-15/h3-12,22H,13H2,1-2H3. The van der Waals surface area contributed by atoms with Crippen LogP contribution in [-0.2, 0) is 16.6 Å². The molecule has 3 rings (SSSR count). The van der Waals surface area contributed by atoms with Crippen molar-refractivity contribution in [1.29, 1.82) is 0 Å². The number of rotatable bonds is 7. The van der Waals surface area contributed by atoms with E-state index < -0.39 is 10.0 Å². The quantitative estimate of drug-likeness (QED) is 0.575. The van der Waals surface area contributed by atoms with E-state index in [0.717, 1.165) is 4.88 Å². The van der Waals surface area contributed by atoms with E-state index in [1.165, 1.54) is 35.5 Å². The molecule has 1 heterocycles. The molecule has 0 unspecified atom stereocenters. The molecule has 0 saturated carbocycles. The van der Waals surface area contributed by atoms with Gasteiger partial charge in [0.15, 0.2) is 0 Å². The summed E-state index contributed by atoms with van der Waals surface area (Å²) in [6.45, 7) is 0.386. The number of carbonyl (C=O) groups excluding carboxylic acids is 1. The van der Waals surface area contributed by atoms with Gasteiger partial charge in [0.25, 0.3) is 15.9 Å². The Labute approximate surface area is 178 Å². The number of carbonyl (C=O) groups is 1. The highest BCUT2D eigenvalue weighted by molar-refractivity contribution is 7.92. The number of nitrogens with one attached hydrogen (secondary N) is 1. The van der Waals surface area contributed by atoms with Crippen LogP contribution in [0.15, 0.2) is 65.6 Å². The minimum absolute atomic E-state index is 0.00624. The molecule has 2 aromatic carbocycles. The summed E-state index contributed by atoms with van der Waals surface area (Å²) in [5, 5.41) is 0. The fourth-order valence-electron chi connectivity index (χ4n) is 2.63. The maximum absolute atomic E-state index is 12.7. The summed E-state index contributed by atoms with van der Waals surface area (Å²) in [7, 11) is -0.654. The lowest BCUT2D eigenvalue weighted by atomic mass is 10.2. The Morgan fingerprint density at radius 1 is 1.14 bits per heavy atom. The molecule has 1 N–H and O–H groups in total. The Morgan fingerprint density at radius 2 is 1.86 bits per heavy atom. The molecule has 0 aliphatic carbocycles. The van der Waals surface area contributed by atoms with Crippen LogP contribution in [-0.4, -0.2) is 33.4 Å².